The van der Waals surface area contributed by atoms with E-state index >= 15 is 0 Å². The first-order chi connectivity index (χ1) is 9.08. The highest BCUT2D eigenvalue weighted by atomic mass is 16.5. The van der Waals surface area contributed by atoms with Crippen molar-refractivity contribution < 1.29 is 19.1 Å². The number of hydrogen-bond acceptors (Lipinski definition) is 4. The van der Waals surface area contributed by atoms with Crippen LogP contribution in [0.2, 0.25) is 0 Å². The van der Waals surface area contributed by atoms with Gasteiger partial charge in [-0.05, 0) is 24.1 Å². The van der Waals surface area contributed by atoms with Gasteiger partial charge in [0.1, 0.15) is 11.7 Å². The molecule has 2 unspecified atom stereocenters. The van der Waals surface area contributed by atoms with Gasteiger partial charge in [0.15, 0.2) is 0 Å². The number of carbonyl (C=O) groups excluding carboxylic acids is 2. The molecule has 0 bridgehead atoms. The predicted octanol–water partition coefficient (Wildman–Crippen LogP) is 1.39. The van der Waals surface area contributed by atoms with Gasteiger partial charge < -0.3 is 14.4 Å². The summed E-state index contributed by atoms with van der Waals surface area (Å²) in [6, 6.07) is 7.42. The van der Waals surface area contributed by atoms with Gasteiger partial charge in [-0.1, -0.05) is 12.1 Å². The van der Waals surface area contributed by atoms with Gasteiger partial charge in [-0.15, -0.1) is 0 Å². The molecule has 1 saturated heterocycles. The number of likely N-dealkylation sites (tertiary alicyclic amines) is 1. The summed E-state index contributed by atoms with van der Waals surface area (Å²) in [6.07, 6.45) is 0.453. The summed E-state index contributed by atoms with van der Waals surface area (Å²) >= 11 is 0. The van der Waals surface area contributed by atoms with E-state index in [1.807, 2.05) is 24.3 Å². The van der Waals surface area contributed by atoms with Crippen LogP contribution in [0.4, 0.5) is 0 Å². The molecular weight excluding hydrogens is 246 g/mol. The fourth-order valence-corrected chi connectivity index (χ4v) is 2.41. The zero-order valence-corrected chi connectivity index (χ0v) is 11.3. The topological polar surface area (TPSA) is 55.8 Å². The highest BCUT2D eigenvalue weighted by Gasteiger charge is 2.42. The Bertz CT molecular complexity index is 483. The standard InChI is InChI=1S/C14H17NO4/c1-15-12(8-11(13(15)16)14(17)19-3)9-4-6-10(18-2)7-5-9/h4-7,11-12H,8H2,1-3H3. The number of amides is 1. The Balaban J connectivity index is 2.21. The van der Waals surface area contributed by atoms with Crippen LogP contribution in [0.25, 0.3) is 0 Å². The monoisotopic (exact) mass is 263 g/mol. The summed E-state index contributed by atoms with van der Waals surface area (Å²) in [4.78, 5) is 25.2. The molecular formula is C14H17NO4. The Hall–Kier alpha value is -2.04. The summed E-state index contributed by atoms with van der Waals surface area (Å²) < 4.78 is 9.77. The summed E-state index contributed by atoms with van der Waals surface area (Å²) in [7, 11) is 4.62. The number of esters is 1. The molecule has 5 nitrogen and oxygen atoms in total. The SMILES string of the molecule is COC(=O)C1CC(c2ccc(OC)cc2)N(C)C1=O. The first kappa shape index (κ1) is 13.4. The van der Waals surface area contributed by atoms with Crippen molar-refractivity contribution in [3.63, 3.8) is 0 Å². The van der Waals surface area contributed by atoms with Crippen molar-refractivity contribution in [3.05, 3.63) is 29.8 Å². The van der Waals surface area contributed by atoms with Crippen molar-refractivity contribution in [1.29, 1.82) is 0 Å². The Kier molecular flexibility index (Phi) is 3.74. The minimum absolute atomic E-state index is 0.0949. The quantitative estimate of drug-likeness (QED) is 0.611. The van der Waals surface area contributed by atoms with Crippen molar-refractivity contribution in [2.45, 2.75) is 12.5 Å². The molecule has 1 amide bonds. The molecule has 1 fully saturated rings. The summed E-state index contributed by atoms with van der Waals surface area (Å²) in [5.41, 5.74) is 0.989. The highest BCUT2D eigenvalue weighted by Crippen LogP contribution is 2.36. The Labute approximate surface area is 112 Å². The van der Waals surface area contributed by atoms with E-state index in [9.17, 15) is 9.59 Å². The molecule has 5 heteroatoms. The molecule has 0 aromatic heterocycles. The van der Waals surface area contributed by atoms with Gasteiger partial charge in [0.05, 0.1) is 20.3 Å². The van der Waals surface area contributed by atoms with Gasteiger partial charge >= 0.3 is 5.97 Å². The van der Waals surface area contributed by atoms with Gasteiger partial charge in [0.25, 0.3) is 0 Å². The lowest BCUT2D eigenvalue weighted by Gasteiger charge is -2.20. The molecule has 1 aromatic carbocycles. The molecule has 2 rings (SSSR count). The third-order valence-corrected chi connectivity index (χ3v) is 3.56. The van der Waals surface area contributed by atoms with Crippen LogP contribution < -0.4 is 4.74 Å². The Morgan fingerprint density at radius 1 is 1.26 bits per heavy atom. The third-order valence-electron chi connectivity index (χ3n) is 3.56. The highest BCUT2D eigenvalue weighted by molar-refractivity contribution is 5.99. The number of benzene rings is 1. The first-order valence-electron chi connectivity index (χ1n) is 6.07. The summed E-state index contributed by atoms with van der Waals surface area (Å²) in [6.45, 7) is 0. The van der Waals surface area contributed by atoms with Crippen LogP contribution in [-0.4, -0.2) is 38.0 Å². The van der Waals surface area contributed by atoms with Gasteiger partial charge in [0, 0.05) is 7.05 Å². The van der Waals surface area contributed by atoms with Gasteiger partial charge in [0.2, 0.25) is 5.91 Å². The lowest BCUT2D eigenvalue weighted by Crippen LogP contribution is -2.28. The largest absolute Gasteiger partial charge is 0.497 e. The smallest absolute Gasteiger partial charge is 0.318 e. The number of nitrogens with zero attached hydrogens (tertiary/aromatic N) is 1. The van der Waals surface area contributed by atoms with Crippen molar-refractivity contribution in [1.82, 2.24) is 4.90 Å². The molecule has 0 saturated carbocycles. The van der Waals surface area contributed by atoms with Crippen LogP contribution in [0.15, 0.2) is 24.3 Å². The van der Waals surface area contributed by atoms with E-state index in [1.54, 1.807) is 19.1 Å². The predicted molar refractivity (Wildman–Crippen MR) is 68.6 cm³/mol. The van der Waals surface area contributed by atoms with Crippen LogP contribution in [-0.2, 0) is 14.3 Å². The van der Waals surface area contributed by atoms with Gasteiger partial charge in [-0.3, -0.25) is 9.59 Å². The maximum absolute atomic E-state index is 12.0. The van der Waals surface area contributed by atoms with Crippen LogP contribution in [0, 0.1) is 5.92 Å². The lowest BCUT2D eigenvalue weighted by molar-refractivity contribution is -0.150. The molecule has 1 aliphatic rings. The molecule has 1 heterocycles. The molecule has 19 heavy (non-hydrogen) atoms. The Morgan fingerprint density at radius 2 is 1.89 bits per heavy atom. The number of hydrogen-bond donors (Lipinski definition) is 0. The molecule has 1 aromatic rings. The van der Waals surface area contributed by atoms with Crippen molar-refractivity contribution in [3.8, 4) is 5.75 Å². The van der Waals surface area contributed by atoms with E-state index in [4.69, 9.17) is 4.74 Å². The Morgan fingerprint density at radius 3 is 2.42 bits per heavy atom. The number of rotatable bonds is 3. The van der Waals surface area contributed by atoms with Gasteiger partial charge in [-0.2, -0.15) is 0 Å². The maximum atomic E-state index is 12.0. The van der Waals surface area contributed by atoms with E-state index in [0.29, 0.717) is 6.42 Å². The fourth-order valence-electron chi connectivity index (χ4n) is 2.41. The van der Waals surface area contributed by atoms with E-state index in [1.165, 1.54) is 7.11 Å². The maximum Gasteiger partial charge on any atom is 0.318 e. The van der Waals surface area contributed by atoms with Crippen LogP contribution in [0.5, 0.6) is 5.75 Å². The number of ether oxygens (including phenoxy) is 2. The van der Waals surface area contributed by atoms with Gasteiger partial charge in [-0.25, -0.2) is 0 Å². The second-order valence-corrected chi connectivity index (χ2v) is 4.55. The second-order valence-electron chi connectivity index (χ2n) is 4.55. The molecule has 102 valence electrons. The second kappa shape index (κ2) is 5.30. The minimum Gasteiger partial charge on any atom is -0.497 e. The van der Waals surface area contributed by atoms with Crippen LogP contribution in [0.3, 0.4) is 0 Å². The molecule has 0 N–H and O–H groups in total. The van der Waals surface area contributed by atoms with E-state index < -0.39 is 11.9 Å². The van der Waals surface area contributed by atoms with E-state index in [2.05, 4.69) is 4.74 Å². The molecule has 2 atom stereocenters. The zero-order valence-electron chi connectivity index (χ0n) is 11.3. The van der Waals surface area contributed by atoms with Crippen LogP contribution in [0.1, 0.15) is 18.0 Å². The van der Waals surface area contributed by atoms with Crippen LogP contribution >= 0.6 is 0 Å². The first-order valence-corrected chi connectivity index (χ1v) is 6.07. The van der Waals surface area contributed by atoms with Crippen molar-refractivity contribution in [2.24, 2.45) is 5.92 Å². The zero-order chi connectivity index (χ0) is 14.0. The van der Waals surface area contributed by atoms with E-state index in [-0.39, 0.29) is 11.9 Å². The average molecular weight is 263 g/mol. The van der Waals surface area contributed by atoms with E-state index in [0.717, 1.165) is 11.3 Å². The molecule has 0 spiro atoms. The summed E-state index contributed by atoms with van der Waals surface area (Å²) in [5, 5.41) is 0. The summed E-state index contributed by atoms with van der Waals surface area (Å²) in [5.74, 6) is -0.581. The fraction of sp³-hybridized carbons (Fsp3) is 0.429. The van der Waals surface area contributed by atoms with Crippen molar-refractivity contribution in [2.75, 3.05) is 21.3 Å². The minimum atomic E-state index is -0.692. The molecule has 0 aliphatic carbocycles. The normalized spacial score (nSPS) is 22.5. The third kappa shape index (κ3) is 2.41. The number of carbonyl (C=O) groups is 2. The average Bonchev–Trinajstić information content (AvgIpc) is 2.75. The molecule has 1 aliphatic heterocycles. The lowest BCUT2D eigenvalue weighted by atomic mass is 9.99. The number of methoxy groups -OCH3 is 2. The van der Waals surface area contributed by atoms with Crippen molar-refractivity contribution >= 4 is 11.9 Å². The molecule has 0 radical (unpaired) electrons.